The highest BCUT2D eigenvalue weighted by atomic mass is 16.3. The average molecular weight is 526 g/mol. The number of hydrogen-bond acceptors (Lipinski definition) is 9. The van der Waals surface area contributed by atoms with E-state index in [0.29, 0.717) is 11.3 Å². The summed E-state index contributed by atoms with van der Waals surface area (Å²) in [5.41, 5.74) is -4.70. The highest BCUT2D eigenvalue weighted by Crippen LogP contribution is 2.64. The first-order valence-corrected chi connectivity index (χ1v) is 12.8. The lowest BCUT2D eigenvalue weighted by molar-refractivity contribution is -0.205. The number of fused-ring (bicyclic) bond motifs is 3. The lowest BCUT2D eigenvalue weighted by Crippen LogP contribution is -2.76. The van der Waals surface area contributed by atoms with E-state index in [1.807, 2.05) is 0 Å². The normalized spacial score (nSPS) is 34.5. The molecule has 6 atom stereocenters. The Balaban J connectivity index is 2.03. The zero-order valence-corrected chi connectivity index (χ0v) is 23.1. The maximum Gasteiger partial charge on any atom is 0.190 e. The second-order valence-electron chi connectivity index (χ2n) is 12.4. The maximum atomic E-state index is 14.3. The smallest absolute Gasteiger partial charge is 0.190 e. The van der Waals surface area contributed by atoms with E-state index < -0.39 is 80.6 Å². The summed E-state index contributed by atoms with van der Waals surface area (Å²) in [5.74, 6) is -10.1. The van der Waals surface area contributed by atoms with Crippen molar-refractivity contribution in [3.8, 4) is 5.75 Å². The van der Waals surface area contributed by atoms with Crippen molar-refractivity contribution in [3.63, 3.8) is 0 Å². The summed E-state index contributed by atoms with van der Waals surface area (Å²) in [6.45, 7) is 9.07. The minimum absolute atomic E-state index is 0.0227. The van der Waals surface area contributed by atoms with Crippen LogP contribution in [0.4, 0.5) is 5.69 Å². The van der Waals surface area contributed by atoms with Crippen LogP contribution in [0.2, 0.25) is 0 Å². The van der Waals surface area contributed by atoms with Gasteiger partial charge < -0.3 is 15.1 Å². The van der Waals surface area contributed by atoms with Crippen molar-refractivity contribution in [1.82, 2.24) is 0 Å². The predicted molar refractivity (Wildman–Crippen MR) is 137 cm³/mol. The van der Waals surface area contributed by atoms with E-state index >= 15 is 0 Å². The van der Waals surface area contributed by atoms with Crippen molar-refractivity contribution < 1.29 is 39.0 Å². The zero-order valence-electron chi connectivity index (χ0n) is 23.1. The lowest BCUT2D eigenvalue weighted by atomic mass is 9.40. The van der Waals surface area contributed by atoms with E-state index in [-0.39, 0.29) is 24.0 Å². The molecule has 0 aliphatic heterocycles. The third-order valence-electron chi connectivity index (χ3n) is 9.22. The number of Topliss-reactive ketones (excluding diaryl/α,β-unsaturated/α-hetero) is 6. The molecule has 0 aromatic heterocycles. The Hall–Kier alpha value is -3.20. The molecule has 0 heterocycles. The molecule has 4 rings (SSSR count). The van der Waals surface area contributed by atoms with Crippen LogP contribution in [0.3, 0.4) is 0 Å². The molecule has 0 radical (unpaired) electrons. The van der Waals surface area contributed by atoms with E-state index in [4.69, 9.17) is 0 Å². The Bertz CT molecular complexity index is 1340. The molecule has 1 aromatic rings. The SMILES string of the molecule is CC(=O)c1cc(N(C)C)c2c(c1O)C(=O)C1C(=O)[C@@]3(O)C(=O)C(C(C)=O)C(=O)C(C(C)C)[C@@]3(C)C[C@@]1(C)C2. The minimum atomic E-state index is -2.75. The highest BCUT2D eigenvalue weighted by Gasteiger charge is 2.76. The van der Waals surface area contributed by atoms with Crippen LogP contribution in [0.5, 0.6) is 5.75 Å². The summed E-state index contributed by atoms with van der Waals surface area (Å²) in [6, 6.07) is 1.51. The summed E-state index contributed by atoms with van der Waals surface area (Å²) < 4.78 is 0. The second kappa shape index (κ2) is 8.40. The van der Waals surface area contributed by atoms with Crippen LogP contribution in [0.25, 0.3) is 0 Å². The fourth-order valence-corrected chi connectivity index (χ4v) is 7.85. The molecule has 0 saturated heterocycles. The van der Waals surface area contributed by atoms with Crippen molar-refractivity contribution >= 4 is 40.4 Å². The number of aliphatic hydroxyl groups is 1. The van der Waals surface area contributed by atoms with Crippen LogP contribution in [-0.2, 0) is 25.6 Å². The van der Waals surface area contributed by atoms with Crippen LogP contribution < -0.4 is 4.90 Å². The van der Waals surface area contributed by atoms with Gasteiger partial charge in [-0.2, -0.15) is 0 Å². The molecule has 0 spiro atoms. The van der Waals surface area contributed by atoms with Gasteiger partial charge in [0, 0.05) is 31.1 Å². The van der Waals surface area contributed by atoms with Gasteiger partial charge in [0.25, 0.3) is 0 Å². The summed E-state index contributed by atoms with van der Waals surface area (Å²) in [6.07, 6.45) is 0.101. The first kappa shape index (κ1) is 27.8. The predicted octanol–water partition coefficient (Wildman–Crippen LogP) is 2.36. The molecule has 2 fully saturated rings. The van der Waals surface area contributed by atoms with Crippen molar-refractivity contribution in [1.29, 1.82) is 0 Å². The van der Waals surface area contributed by atoms with Gasteiger partial charge in [0.1, 0.15) is 17.5 Å². The van der Waals surface area contributed by atoms with Gasteiger partial charge in [0.2, 0.25) is 0 Å². The fraction of sp³-hybridized carbons (Fsp3) is 0.586. The zero-order chi connectivity index (χ0) is 28.9. The molecule has 0 bridgehead atoms. The van der Waals surface area contributed by atoms with Gasteiger partial charge in [-0.15, -0.1) is 0 Å². The monoisotopic (exact) mass is 525 g/mol. The lowest BCUT2D eigenvalue weighted by Gasteiger charge is -2.62. The number of benzene rings is 1. The van der Waals surface area contributed by atoms with Crippen molar-refractivity contribution in [2.24, 2.45) is 34.5 Å². The first-order valence-electron chi connectivity index (χ1n) is 12.8. The molecule has 3 aliphatic carbocycles. The number of ketones is 6. The van der Waals surface area contributed by atoms with Gasteiger partial charge >= 0.3 is 0 Å². The van der Waals surface area contributed by atoms with Crippen LogP contribution >= 0.6 is 0 Å². The molecule has 204 valence electrons. The highest BCUT2D eigenvalue weighted by molar-refractivity contribution is 6.32. The molecular formula is C29H35NO8. The number of anilines is 1. The Kier molecular flexibility index (Phi) is 6.15. The molecule has 2 N–H and O–H groups in total. The number of rotatable bonds is 4. The number of phenols is 1. The summed E-state index contributed by atoms with van der Waals surface area (Å²) in [7, 11) is 3.47. The Morgan fingerprint density at radius 3 is 2.11 bits per heavy atom. The average Bonchev–Trinajstić information content (AvgIpc) is 2.75. The molecule has 0 amide bonds. The topological polar surface area (TPSA) is 146 Å². The van der Waals surface area contributed by atoms with Crippen LogP contribution in [-0.4, -0.2) is 64.6 Å². The molecule has 3 unspecified atom stereocenters. The van der Waals surface area contributed by atoms with Gasteiger partial charge in [0.15, 0.2) is 34.5 Å². The number of carbonyl (C=O) groups is 6. The largest absolute Gasteiger partial charge is 0.506 e. The summed E-state index contributed by atoms with van der Waals surface area (Å²) >= 11 is 0. The number of hydrogen-bond donors (Lipinski definition) is 2. The van der Waals surface area contributed by atoms with Gasteiger partial charge in [-0.05, 0) is 49.7 Å². The standard InChI is InChI=1S/C29H35NO8/c1-12(2)20-23(34)18(14(4)32)25(36)29(38)26(37)21-24(35)19-16(10-27(21,5)11-28(20,29)6)17(30(7)8)9-15(13(3)31)22(19)33/h9,12,18,20-21,33,38H,10-11H2,1-8H3/t18?,20?,21?,27-,28-,29+/m1/s1. The van der Waals surface area contributed by atoms with Gasteiger partial charge in [-0.1, -0.05) is 27.7 Å². The number of nitrogens with zero attached hydrogens (tertiary/aromatic N) is 1. The Morgan fingerprint density at radius 1 is 1.05 bits per heavy atom. The molecular weight excluding hydrogens is 490 g/mol. The summed E-state index contributed by atoms with van der Waals surface area (Å²) in [4.78, 5) is 82.0. The Morgan fingerprint density at radius 2 is 1.63 bits per heavy atom. The van der Waals surface area contributed by atoms with Gasteiger partial charge in [-0.3, -0.25) is 28.8 Å². The molecule has 3 aliphatic rings. The molecule has 1 aromatic carbocycles. The van der Waals surface area contributed by atoms with Gasteiger partial charge in [0.05, 0.1) is 17.0 Å². The van der Waals surface area contributed by atoms with Crippen molar-refractivity contribution in [2.75, 3.05) is 19.0 Å². The fourth-order valence-electron chi connectivity index (χ4n) is 7.85. The van der Waals surface area contributed by atoms with E-state index in [1.165, 1.54) is 19.9 Å². The van der Waals surface area contributed by atoms with Gasteiger partial charge in [-0.25, -0.2) is 0 Å². The van der Waals surface area contributed by atoms with Crippen molar-refractivity contribution in [2.45, 2.75) is 60.0 Å². The van der Waals surface area contributed by atoms with E-state index in [1.54, 1.807) is 39.8 Å². The van der Waals surface area contributed by atoms with Crippen LogP contribution in [0.1, 0.15) is 74.2 Å². The number of carbonyl (C=O) groups excluding carboxylic acids is 6. The van der Waals surface area contributed by atoms with Crippen LogP contribution in [0.15, 0.2) is 6.07 Å². The van der Waals surface area contributed by atoms with Crippen LogP contribution in [0, 0.1) is 34.5 Å². The maximum absolute atomic E-state index is 14.3. The van der Waals surface area contributed by atoms with Crippen molar-refractivity contribution in [3.05, 3.63) is 22.8 Å². The Labute approximate surface area is 221 Å². The third-order valence-corrected chi connectivity index (χ3v) is 9.22. The summed E-state index contributed by atoms with van der Waals surface area (Å²) in [5, 5.41) is 23.1. The minimum Gasteiger partial charge on any atom is -0.506 e. The quantitative estimate of drug-likeness (QED) is 0.447. The third kappa shape index (κ3) is 3.26. The first-order chi connectivity index (χ1) is 17.4. The molecule has 38 heavy (non-hydrogen) atoms. The number of aromatic hydroxyl groups is 1. The second-order valence-corrected chi connectivity index (χ2v) is 12.4. The van der Waals surface area contributed by atoms with E-state index in [0.717, 1.165) is 6.92 Å². The molecule has 9 heteroatoms. The number of phenolic OH excluding ortho intramolecular Hbond substituents is 1. The van der Waals surface area contributed by atoms with E-state index in [9.17, 15) is 39.0 Å². The molecule has 9 nitrogen and oxygen atoms in total. The molecule has 2 saturated carbocycles. The van der Waals surface area contributed by atoms with E-state index in [2.05, 4.69) is 0 Å².